The fourth-order valence-corrected chi connectivity index (χ4v) is 1.84. The van der Waals surface area contributed by atoms with E-state index in [0.717, 1.165) is 18.5 Å². The van der Waals surface area contributed by atoms with E-state index in [9.17, 15) is 8.42 Å². The number of aromatic nitrogens is 1. The number of halogens is 1. The third-order valence-corrected chi connectivity index (χ3v) is 3.38. The smallest absolute Gasteiger partial charge is 0.260 e. The molecule has 0 radical (unpaired) electrons. The average molecular weight is 218 g/mol. The summed E-state index contributed by atoms with van der Waals surface area (Å²) in [5, 5.41) is 0. The van der Waals surface area contributed by atoms with E-state index < -0.39 is 9.05 Å². The van der Waals surface area contributed by atoms with Crippen LogP contribution in [0.25, 0.3) is 0 Å². The lowest BCUT2D eigenvalue weighted by molar-refractivity contribution is 0.609. The Morgan fingerprint density at radius 1 is 1.38 bits per heavy atom. The van der Waals surface area contributed by atoms with Crippen molar-refractivity contribution in [2.45, 2.75) is 23.7 Å². The van der Waals surface area contributed by atoms with Crippen molar-refractivity contribution in [2.24, 2.45) is 0 Å². The Morgan fingerprint density at radius 3 is 2.46 bits per heavy atom. The molecule has 0 spiro atoms. The maximum absolute atomic E-state index is 10.9. The Morgan fingerprint density at radius 2 is 2.08 bits per heavy atom. The van der Waals surface area contributed by atoms with E-state index in [1.807, 2.05) is 0 Å². The molecule has 1 aromatic rings. The fraction of sp³-hybridized carbons (Fsp3) is 0.375. The predicted molar refractivity (Wildman–Crippen MR) is 49.3 cm³/mol. The molecule has 0 aliphatic heterocycles. The van der Waals surface area contributed by atoms with Crippen molar-refractivity contribution in [2.75, 3.05) is 0 Å². The van der Waals surface area contributed by atoms with Crippen molar-refractivity contribution in [3.8, 4) is 0 Å². The van der Waals surface area contributed by atoms with E-state index in [1.54, 1.807) is 6.07 Å². The molecule has 0 aromatic carbocycles. The van der Waals surface area contributed by atoms with Gasteiger partial charge < -0.3 is 0 Å². The quantitative estimate of drug-likeness (QED) is 0.711. The highest BCUT2D eigenvalue weighted by atomic mass is 35.7. The van der Waals surface area contributed by atoms with Gasteiger partial charge in [0.05, 0.1) is 0 Å². The van der Waals surface area contributed by atoms with E-state index in [4.69, 9.17) is 10.7 Å². The summed E-state index contributed by atoms with van der Waals surface area (Å²) in [4.78, 5) is 4.11. The van der Waals surface area contributed by atoms with E-state index in [2.05, 4.69) is 4.98 Å². The number of rotatable bonds is 2. The molecular weight excluding hydrogens is 210 g/mol. The molecule has 1 aliphatic carbocycles. The number of pyridine rings is 1. The van der Waals surface area contributed by atoms with Crippen molar-refractivity contribution in [3.63, 3.8) is 0 Å². The van der Waals surface area contributed by atoms with Gasteiger partial charge in [-0.15, -0.1) is 0 Å². The van der Waals surface area contributed by atoms with Gasteiger partial charge >= 0.3 is 0 Å². The third-order valence-electron chi connectivity index (χ3n) is 2.04. The van der Waals surface area contributed by atoms with Crippen LogP contribution in [0.2, 0.25) is 0 Å². The van der Waals surface area contributed by atoms with E-state index in [0.29, 0.717) is 5.92 Å². The Hall–Kier alpha value is -0.610. The van der Waals surface area contributed by atoms with Crippen LogP contribution in [0.3, 0.4) is 0 Å². The van der Waals surface area contributed by atoms with Gasteiger partial charge in [-0.1, -0.05) is 0 Å². The fourth-order valence-electron chi connectivity index (χ4n) is 1.16. The Balaban J connectivity index is 2.33. The van der Waals surface area contributed by atoms with Gasteiger partial charge in [0.2, 0.25) is 0 Å². The van der Waals surface area contributed by atoms with Crippen LogP contribution in [0.15, 0.2) is 23.2 Å². The lowest BCUT2D eigenvalue weighted by Gasteiger charge is -1.97. The van der Waals surface area contributed by atoms with Gasteiger partial charge in [-0.25, -0.2) is 8.42 Å². The maximum Gasteiger partial charge on any atom is 0.262 e. The summed E-state index contributed by atoms with van der Waals surface area (Å²) in [6.45, 7) is 0. The van der Waals surface area contributed by atoms with Gasteiger partial charge in [0.15, 0.2) is 0 Å². The molecule has 1 aliphatic rings. The van der Waals surface area contributed by atoms with E-state index in [1.165, 1.54) is 12.3 Å². The highest BCUT2D eigenvalue weighted by Crippen LogP contribution is 2.38. The highest BCUT2D eigenvalue weighted by Gasteiger charge is 2.25. The molecule has 70 valence electrons. The summed E-state index contributed by atoms with van der Waals surface area (Å²) in [7, 11) is 1.52. The van der Waals surface area contributed by atoms with Crippen molar-refractivity contribution in [1.29, 1.82) is 0 Å². The first-order chi connectivity index (χ1) is 6.07. The molecular formula is C8H8ClNO2S. The second-order valence-corrected chi connectivity index (χ2v) is 5.70. The minimum Gasteiger partial charge on any atom is -0.260 e. The Kier molecular flexibility index (Phi) is 2.04. The monoisotopic (exact) mass is 217 g/mol. The molecule has 1 heterocycles. The molecule has 0 amide bonds. The van der Waals surface area contributed by atoms with Gasteiger partial charge in [0.1, 0.15) is 4.90 Å². The van der Waals surface area contributed by atoms with E-state index >= 15 is 0 Å². The minimum atomic E-state index is -3.62. The molecule has 0 unspecified atom stereocenters. The number of hydrogen-bond acceptors (Lipinski definition) is 3. The molecule has 13 heavy (non-hydrogen) atoms. The van der Waals surface area contributed by atoms with E-state index in [-0.39, 0.29) is 4.90 Å². The third kappa shape index (κ3) is 2.00. The van der Waals surface area contributed by atoms with Crippen molar-refractivity contribution in [1.82, 2.24) is 4.98 Å². The molecule has 5 heteroatoms. The topological polar surface area (TPSA) is 47.0 Å². The minimum absolute atomic E-state index is 0.0681. The van der Waals surface area contributed by atoms with Crippen LogP contribution in [-0.2, 0) is 9.05 Å². The lowest BCUT2D eigenvalue weighted by Crippen LogP contribution is -1.93. The van der Waals surface area contributed by atoms with Crippen LogP contribution < -0.4 is 0 Å². The first-order valence-corrected chi connectivity index (χ1v) is 6.29. The van der Waals surface area contributed by atoms with Crippen LogP contribution in [0.1, 0.15) is 24.5 Å². The van der Waals surface area contributed by atoms with Crippen LogP contribution in [0.4, 0.5) is 0 Å². The zero-order valence-electron chi connectivity index (χ0n) is 6.77. The summed E-state index contributed by atoms with van der Waals surface area (Å²) in [6, 6.07) is 3.23. The molecule has 1 saturated carbocycles. The zero-order chi connectivity index (χ0) is 9.47. The van der Waals surface area contributed by atoms with Crippen LogP contribution in [0, 0.1) is 0 Å². The Bertz CT molecular complexity index is 408. The molecule has 3 nitrogen and oxygen atoms in total. The number of hydrogen-bond donors (Lipinski definition) is 0. The second-order valence-electron chi connectivity index (χ2n) is 3.13. The average Bonchev–Trinajstić information content (AvgIpc) is 2.85. The highest BCUT2D eigenvalue weighted by molar-refractivity contribution is 8.13. The molecule has 1 aromatic heterocycles. The van der Waals surface area contributed by atoms with Crippen molar-refractivity contribution in [3.05, 3.63) is 24.0 Å². The van der Waals surface area contributed by atoms with Gasteiger partial charge in [-0.3, -0.25) is 4.98 Å². The molecule has 2 rings (SSSR count). The van der Waals surface area contributed by atoms with Gasteiger partial charge in [0.25, 0.3) is 9.05 Å². The molecule has 0 N–H and O–H groups in total. The zero-order valence-corrected chi connectivity index (χ0v) is 8.35. The summed E-state index contributed by atoms with van der Waals surface area (Å²) in [6.07, 6.45) is 3.62. The molecule has 0 saturated heterocycles. The molecule has 0 atom stereocenters. The predicted octanol–water partition coefficient (Wildman–Crippen LogP) is 1.89. The largest absolute Gasteiger partial charge is 0.262 e. The van der Waals surface area contributed by atoms with Crippen LogP contribution in [0.5, 0.6) is 0 Å². The van der Waals surface area contributed by atoms with Gasteiger partial charge in [-0.05, 0) is 25.0 Å². The van der Waals surface area contributed by atoms with Crippen molar-refractivity contribution >= 4 is 19.7 Å². The normalized spacial score (nSPS) is 17.3. The SMILES string of the molecule is O=S(=O)(Cl)c1ccc(C2CC2)nc1. The molecule has 0 bridgehead atoms. The maximum atomic E-state index is 10.9. The summed E-state index contributed by atoms with van der Waals surface area (Å²) < 4.78 is 21.7. The van der Waals surface area contributed by atoms with Crippen molar-refractivity contribution < 1.29 is 8.42 Å². The van der Waals surface area contributed by atoms with Gasteiger partial charge in [0, 0.05) is 28.5 Å². The summed E-state index contributed by atoms with van der Waals surface area (Å²) in [5.74, 6) is 0.534. The summed E-state index contributed by atoms with van der Waals surface area (Å²) >= 11 is 0. The van der Waals surface area contributed by atoms with Crippen LogP contribution in [-0.4, -0.2) is 13.4 Å². The van der Waals surface area contributed by atoms with Crippen LogP contribution >= 0.6 is 10.7 Å². The lowest BCUT2D eigenvalue weighted by atomic mass is 10.2. The second kappa shape index (κ2) is 2.96. The van der Waals surface area contributed by atoms with Gasteiger partial charge in [-0.2, -0.15) is 0 Å². The summed E-state index contributed by atoms with van der Waals surface area (Å²) in [5.41, 5.74) is 0.962. The first kappa shape index (κ1) is 8.97. The standard InChI is InChI=1S/C8H8ClNO2S/c9-13(11,12)7-3-4-8(10-5-7)6-1-2-6/h3-6H,1-2H2. The number of nitrogens with zero attached hydrogens (tertiary/aromatic N) is 1. The Labute approximate surface area is 81.2 Å². The molecule has 1 fully saturated rings. The first-order valence-electron chi connectivity index (χ1n) is 3.98.